The van der Waals surface area contributed by atoms with E-state index in [1.54, 1.807) is 7.11 Å². The summed E-state index contributed by atoms with van der Waals surface area (Å²) in [5.41, 5.74) is 0. The quantitative estimate of drug-likeness (QED) is 0.771. The highest BCUT2D eigenvalue weighted by atomic mass is 32.2. The Kier molecular flexibility index (Phi) is 4.45. The maximum atomic E-state index is 11.7. The van der Waals surface area contributed by atoms with Crippen LogP contribution < -0.4 is 4.74 Å². The molecule has 0 radical (unpaired) electrons. The minimum absolute atomic E-state index is 0.216. The van der Waals surface area contributed by atoms with Gasteiger partial charge in [0.15, 0.2) is 11.9 Å². The van der Waals surface area contributed by atoms with E-state index in [-0.39, 0.29) is 11.9 Å². The van der Waals surface area contributed by atoms with Gasteiger partial charge in [-0.1, -0.05) is 12.1 Å². The number of rotatable bonds is 4. The number of hydrogen-bond acceptors (Lipinski definition) is 4. The van der Waals surface area contributed by atoms with Crippen molar-refractivity contribution in [2.75, 3.05) is 7.11 Å². The van der Waals surface area contributed by atoms with Gasteiger partial charge in [-0.3, -0.25) is 4.79 Å². The average Bonchev–Trinajstić information content (AvgIpc) is 2.35. The topological polar surface area (TPSA) is 35.5 Å². The Morgan fingerprint density at radius 1 is 1.29 bits per heavy atom. The first-order chi connectivity index (χ1) is 8.31. The first kappa shape index (κ1) is 12.5. The Bertz CT molecular complexity index is 392. The van der Waals surface area contributed by atoms with Crippen molar-refractivity contribution >= 4 is 17.8 Å². The number of ketones is 1. The summed E-state index contributed by atoms with van der Waals surface area (Å²) < 4.78 is 10.8. The highest BCUT2D eigenvalue weighted by Crippen LogP contribution is 2.31. The Labute approximate surface area is 106 Å². The lowest BCUT2D eigenvalue weighted by Crippen LogP contribution is -2.30. The molecule has 1 saturated carbocycles. The summed E-state index contributed by atoms with van der Waals surface area (Å²) in [6.45, 7) is 0. The second kappa shape index (κ2) is 6.07. The summed E-state index contributed by atoms with van der Waals surface area (Å²) in [5, 5.41) is 0. The molecule has 0 spiro atoms. The van der Waals surface area contributed by atoms with Crippen molar-refractivity contribution < 1.29 is 13.7 Å². The third kappa shape index (κ3) is 3.23. The monoisotopic (exact) mass is 252 g/mol. The summed E-state index contributed by atoms with van der Waals surface area (Å²) in [4.78, 5) is 12.6. The van der Waals surface area contributed by atoms with E-state index in [9.17, 15) is 4.79 Å². The van der Waals surface area contributed by atoms with Crippen molar-refractivity contribution in [3.05, 3.63) is 24.3 Å². The normalized spacial score (nSPS) is 20.3. The van der Waals surface area contributed by atoms with Gasteiger partial charge in [-0.05, 0) is 31.4 Å². The molecule has 0 N–H and O–H groups in total. The second-order valence-corrected chi connectivity index (χ2v) is 4.96. The summed E-state index contributed by atoms with van der Waals surface area (Å²) in [7, 11) is 1.62. The van der Waals surface area contributed by atoms with Gasteiger partial charge in [0.05, 0.1) is 12.0 Å². The molecule has 1 atom stereocenters. The Morgan fingerprint density at radius 2 is 2.12 bits per heavy atom. The van der Waals surface area contributed by atoms with Gasteiger partial charge >= 0.3 is 0 Å². The Hall–Kier alpha value is -1.00. The van der Waals surface area contributed by atoms with Crippen LogP contribution >= 0.6 is 12.0 Å². The molecule has 92 valence electrons. The van der Waals surface area contributed by atoms with E-state index in [4.69, 9.17) is 8.92 Å². The molecule has 1 aliphatic carbocycles. The van der Waals surface area contributed by atoms with Crippen LogP contribution in [0.2, 0.25) is 0 Å². The fourth-order valence-electron chi connectivity index (χ4n) is 1.94. The Balaban J connectivity index is 2.09. The van der Waals surface area contributed by atoms with Gasteiger partial charge in [0.1, 0.15) is 5.75 Å². The van der Waals surface area contributed by atoms with Crippen LogP contribution in [0.4, 0.5) is 0 Å². The van der Waals surface area contributed by atoms with Crippen LogP contribution in [-0.2, 0) is 8.98 Å². The Morgan fingerprint density at radius 3 is 2.88 bits per heavy atom. The van der Waals surface area contributed by atoms with E-state index in [1.807, 2.05) is 24.3 Å². The van der Waals surface area contributed by atoms with Crippen LogP contribution in [0.15, 0.2) is 29.2 Å². The van der Waals surface area contributed by atoms with Gasteiger partial charge in [-0.2, -0.15) is 0 Å². The number of para-hydroxylation sites is 1. The van der Waals surface area contributed by atoms with Crippen LogP contribution in [-0.4, -0.2) is 19.0 Å². The first-order valence-electron chi connectivity index (χ1n) is 5.80. The van der Waals surface area contributed by atoms with Crippen LogP contribution in [0, 0.1) is 0 Å². The molecule has 0 saturated heterocycles. The molecule has 1 unspecified atom stereocenters. The number of benzene rings is 1. The van der Waals surface area contributed by atoms with Crippen molar-refractivity contribution in [1.29, 1.82) is 0 Å². The van der Waals surface area contributed by atoms with Crippen LogP contribution in [0.3, 0.4) is 0 Å². The second-order valence-electron chi connectivity index (χ2n) is 4.02. The largest absolute Gasteiger partial charge is 0.481 e. The molecular weight excluding hydrogens is 236 g/mol. The summed E-state index contributed by atoms with van der Waals surface area (Å²) in [6, 6.07) is 7.64. The van der Waals surface area contributed by atoms with E-state index in [1.165, 1.54) is 12.0 Å². The van der Waals surface area contributed by atoms with Crippen molar-refractivity contribution in [3.8, 4) is 5.75 Å². The average molecular weight is 252 g/mol. The summed E-state index contributed by atoms with van der Waals surface area (Å²) >= 11 is 1.26. The zero-order valence-corrected chi connectivity index (χ0v) is 10.7. The number of carbonyl (C=O) groups excluding carboxylic acids is 1. The van der Waals surface area contributed by atoms with Gasteiger partial charge in [-0.25, -0.2) is 0 Å². The molecule has 1 aliphatic rings. The fraction of sp³-hybridized carbons (Fsp3) is 0.462. The minimum Gasteiger partial charge on any atom is -0.481 e. The summed E-state index contributed by atoms with van der Waals surface area (Å²) in [5.74, 6) is 0.952. The molecule has 2 rings (SSSR count). The third-order valence-electron chi connectivity index (χ3n) is 2.79. The van der Waals surface area contributed by atoms with Crippen molar-refractivity contribution in [1.82, 2.24) is 0 Å². The number of carbonyl (C=O) groups is 1. The molecule has 1 aromatic carbocycles. The van der Waals surface area contributed by atoms with E-state index in [2.05, 4.69) is 0 Å². The molecule has 0 bridgehead atoms. The van der Waals surface area contributed by atoms with Gasteiger partial charge in [-0.15, -0.1) is 0 Å². The smallest absolute Gasteiger partial charge is 0.173 e. The highest BCUT2D eigenvalue weighted by molar-refractivity contribution is 7.94. The van der Waals surface area contributed by atoms with Crippen LogP contribution in [0.5, 0.6) is 5.75 Å². The van der Waals surface area contributed by atoms with E-state index >= 15 is 0 Å². The maximum Gasteiger partial charge on any atom is 0.173 e. The van der Waals surface area contributed by atoms with E-state index in [0.717, 1.165) is 29.9 Å². The standard InChI is InChI=1S/C13H16O3S/c1-15-17-13-9-5-4-8-12(13)16-11-7-3-2-6-10(11)14/h4-5,8-9,11H,2-3,6-7H2,1H3. The molecule has 1 fully saturated rings. The first-order valence-corrected chi connectivity index (χ1v) is 6.54. The highest BCUT2D eigenvalue weighted by Gasteiger charge is 2.24. The van der Waals surface area contributed by atoms with Gasteiger partial charge in [0.25, 0.3) is 0 Å². The van der Waals surface area contributed by atoms with Crippen LogP contribution in [0.25, 0.3) is 0 Å². The third-order valence-corrected chi connectivity index (χ3v) is 3.47. The van der Waals surface area contributed by atoms with Crippen molar-refractivity contribution in [3.63, 3.8) is 0 Å². The van der Waals surface area contributed by atoms with E-state index in [0.29, 0.717) is 6.42 Å². The molecule has 1 aromatic rings. The lowest BCUT2D eigenvalue weighted by atomic mass is 9.96. The molecule has 0 aromatic heterocycles. The zero-order chi connectivity index (χ0) is 12.1. The SMILES string of the molecule is COSc1ccccc1OC1CCCCC1=O. The zero-order valence-electron chi connectivity index (χ0n) is 9.85. The van der Waals surface area contributed by atoms with Gasteiger partial charge in [0, 0.05) is 18.5 Å². The molecule has 17 heavy (non-hydrogen) atoms. The summed E-state index contributed by atoms with van der Waals surface area (Å²) in [6.07, 6.45) is 3.25. The van der Waals surface area contributed by atoms with Crippen molar-refractivity contribution in [2.45, 2.75) is 36.7 Å². The molecule has 0 aliphatic heterocycles. The maximum absolute atomic E-state index is 11.7. The lowest BCUT2D eigenvalue weighted by Gasteiger charge is -2.22. The predicted molar refractivity (Wildman–Crippen MR) is 67.2 cm³/mol. The predicted octanol–water partition coefficient (Wildman–Crippen LogP) is 3.23. The van der Waals surface area contributed by atoms with Gasteiger partial charge in [0.2, 0.25) is 0 Å². The molecule has 0 amide bonds. The molecular formula is C13H16O3S. The number of Topliss-reactive ketones (excluding diaryl/α,β-unsaturated/α-hetero) is 1. The number of ether oxygens (including phenoxy) is 1. The lowest BCUT2D eigenvalue weighted by molar-refractivity contribution is -0.127. The van der Waals surface area contributed by atoms with E-state index < -0.39 is 0 Å². The minimum atomic E-state index is -0.276. The van der Waals surface area contributed by atoms with Crippen LogP contribution in [0.1, 0.15) is 25.7 Å². The fourth-order valence-corrected chi connectivity index (χ4v) is 2.45. The molecule has 3 nitrogen and oxygen atoms in total. The van der Waals surface area contributed by atoms with Gasteiger partial charge < -0.3 is 8.92 Å². The molecule has 0 heterocycles. The molecule has 4 heteroatoms. The van der Waals surface area contributed by atoms with Crippen molar-refractivity contribution in [2.24, 2.45) is 0 Å². The number of hydrogen-bond donors (Lipinski definition) is 0.